The molecule has 0 N–H and O–H groups in total. The number of likely N-dealkylation sites (N-methyl/N-ethyl adjacent to an activating group) is 1. The number of rotatable bonds is 60. The van der Waals surface area contributed by atoms with E-state index in [4.69, 9.17) is 18.9 Å². The number of unbranched alkanes of at least 4 members (excludes halogenated alkanes) is 23. The van der Waals surface area contributed by atoms with Crippen LogP contribution in [0.25, 0.3) is 0 Å². The number of quaternary nitrogens is 1. The quantitative estimate of drug-likeness (QED) is 0.0195. The summed E-state index contributed by atoms with van der Waals surface area (Å²) in [7, 11) is 5.92. The average molecular weight is 1150 g/mol. The molecule has 0 aliphatic rings. The van der Waals surface area contributed by atoms with Crippen LogP contribution in [0.2, 0.25) is 0 Å². The molecule has 0 rings (SSSR count). The molecule has 0 aromatic rings. The van der Waals surface area contributed by atoms with E-state index in [9.17, 15) is 19.5 Å². The van der Waals surface area contributed by atoms with Crippen LogP contribution in [0.1, 0.15) is 258 Å². The van der Waals surface area contributed by atoms with Crippen LogP contribution in [-0.4, -0.2) is 82.3 Å². The van der Waals surface area contributed by atoms with E-state index in [0.717, 1.165) is 122 Å². The summed E-state index contributed by atoms with van der Waals surface area (Å²) in [5.74, 6) is -2.30. The molecule has 0 heterocycles. The monoisotopic (exact) mass is 1150 g/mol. The molecule has 0 fully saturated rings. The summed E-state index contributed by atoms with van der Waals surface area (Å²) < 4.78 is 22.8. The number of ether oxygens (including phenoxy) is 4. The molecule has 2 unspecified atom stereocenters. The summed E-state index contributed by atoms with van der Waals surface area (Å²) in [5, 5.41) is 11.8. The molecule has 472 valence electrons. The number of carboxylic acid groups (broad SMARTS) is 1. The van der Waals surface area contributed by atoms with Crippen molar-refractivity contribution in [2.75, 3.05) is 47.5 Å². The predicted octanol–water partition coefficient (Wildman–Crippen LogP) is 19.2. The summed E-state index contributed by atoms with van der Waals surface area (Å²) in [4.78, 5) is 37.4. The number of nitrogens with zero attached hydrogens (tertiary/aromatic N) is 1. The topological polar surface area (TPSA) is 111 Å². The third-order valence-electron chi connectivity index (χ3n) is 13.9. The van der Waals surface area contributed by atoms with Crippen LogP contribution in [0.15, 0.2) is 134 Å². The van der Waals surface area contributed by atoms with Crippen molar-refractivity contribution in [3.8, 4) is 0 Å². The number of carbonyl (C=O) groups excluding carboxylic acids is 3. The molecule has 0 aromatic carbocycles. The van der Waals surface area contributed by atoms with E-state index in [1.165, 1.54) is 103 Å². The normalized spacial score (nSPS) is 13.6. The highest BCUT2D eigenvalue weighted by Gasteiger charge is 2.22. The van der Waals surface area contributed by atoms with Crippen LogP contribution in [-0.2, 0) is 33.3 Å². The molecule has 9 nitrogen and oxygen atoms in total. The summed E-state index contributed by atoms with van der Waals surface area (Å²) in [5.41, 5.74) is 0. The molecule has 2 atom stereocenters. The number of carboxylic acids is 1. The lowest BCUT2D eigenvalue weighted by Crippen LogP contribution is -2.44. The number of allylic oxidation sites excluding steroid dienone is 22. The third-order valence-corrected chi connectivity index (χ3v) is 13.9. The lowest BCUT2D eigenvalue weighted by Gasteiger charge is -2.26. The van der Waals surface area contributed by atoms with Crippen molar-refractivity contribution in [1.29, 1.82) is 0 Å². The summed E-state index contributed by atoms with van der Waals surface area (Å²) in [6.45, 7) is 4.51. The second-order valence-corrected chi connectivity index (χ2v) is 23.0. The Labute approximate surface area is 509 Å². The molecule has 9 heteroatoms. The van der Waals surface area contributed by atoms with Crippen molar-refractivity contribution in [3.05, 3.63) is 134 Å². The standard InChI is InChI=1S/C74H123NO8/c1-6-8-10-12-14-16-18-20-22-24-26-28-30-31-32-33-34-35-36-37-38-39-40-41-43-45-47-49-51-53-55-57-59-61-63-65-72(77)83-70(69-82-74(73(78)79)80-67-66-75(3,4)5)68-81-71(76)64-62-60-58-56-54-52-50-48-46-44-42-29-27-25-23-21-19-17-15-13-11-9-7-2/h8-11,14-17,20-23,26-29,31-32,34-35,44,46,70,74H,6-7,12-13,18-19,24-25,30,33,36-43,45,47-69H2,1-5H3/b10-8-,11-9-,16-14-,17-15-,22-20-,23-21-,28-26-,29-27-,32-31-,35-34-,46-44-. The molecule has 0 aliphatic heterocycles. The van der Waals surface area contributed by atoms with E-state index >= 15 is 0 Å². The maximum absolute atomic E-state index is 12.9. The van der Waals surface area contributed by atoms with Gasteiger partial charge in [-0.15, -0.1) is 0 Å². The smallest absolute Gasteiger partial charge is 0.306 e. The van der Waals surface area contributed by atoms with Gasteiger partial charge in [-0.3, -0.25) is 9.59 Å². The van der Waals surface area contributed by atoms with Gasteiger partial charge in [-0.05, 0) is 109 Å². The first kappa shape index (κ1) is 78.4. The van der Waals surface area contributed by atoms with Crippen LogP contribution in [0.4, 0.5) is 0 Å². The Bertz CT molecular complexity index is 1820. The van der Waals surface area contributed by atoms with Crippen LogP contribution in [0, 0.1) is 0 Å². The van der Waals surface area contributed by atoms with Gasteiger partial charge in [-0.1, -0.05) is 270 Å². The molecular weight excluding hydrogens is 1030 g/mol. The Morgan fingerprint density at radius 2 is 0.651 bits per heavy atom. The highest BCUT2D eigenvalue weighted by Crippen LogP contribution is 2.16. The number of hydrogen-bond donors (Lipinski definition) is 0. The van der Waals surface area contributed by atoms with Gasteiger partial charge in [0.15, 0.2) is 12.4 Å². The Kier molecular flexibility index (Phi) is 60.0. The SMILES string of the molecule is CC/C=C\C/C=C\C/C=C\C/C=C\C/C=C\C/C=C\CCCCCCCCCCCCCCCCCCC(=O)OC(COC(=O)CCCCCCCCC/C=C\C/C=C\C/C=C\C/C=C\C/C=C\CC)COC(OCC[N+](C)(C)C)C(=O)[O-]. The van der Waals surface area contributed by atoms with Crippen molar-refractivity contribution >= 4 is 17.9 Å². The van der Waals surface area contributed by atoms with Crippen LogP contribution >= 0.6 is 0 Å². The van der Waals surface area contributed by atoms with Gasteiger partial charge in [0.05, 0.1) is 40.3 Å². The fraction of sp³-hybridized carbons (Fsp3) is 0.662. The van der Waals surface area contributed by atoms with Crippen LogP contribution in [0.5, 0.6) is 0 Å². The zero-order valence-corrected chi connectivity index (χ0v) is 53.8. The maximum atomic E-state index is 12.9. The van der Waals surface area contributed by atoms with Gasteiger partial charge < -0.3 is 33.3 Å². The zero-order chi connectivity index (χ0) is 60.5. The van der Waals surface area contributed by atoms with E-state index in [0.29, 0.717) is 17.4 Å². The zero-order valence-electron chi connectivity index (χ0n) is 53.8. The minimum Gasteiger partial charge on any atom is -0.545 e. The molecule has 0 spiro atoms. The minimum absolute atomic E-state index is 0.140. The number of esters is 2. The van der Waals surface area contributed by atoms with Crippen molar-refractivity contribution in [2.45, 2.75) is 270 Å². The van der Waals surface area contributed by atoms with Gasteiger partial charge in [-0.2, -0.15) is 0 Å². The van der Waals surface area contributed by atoms with Crippen molar-refractivity contribution in [1.82, 2.24) is 0 Å². The van der Waals surface area contributed by atoms with Crippen molar-refractivity contribution < 1.29 is 42.9 Å². The predicted molar refractivity (Wildman–Crippen MR) is 352 cm³/mol. The minimum atomic E-state index is -1.63. The lowest BCUT2D eigenvalue weighted by atomic mass is 10.0. The van der Waals surface area contributed by atoms with E-state index in [2.05, 4.69) is 148 Å². The molecule has 0 saturated carbocycles. The highest BCUT2D eigenvalue weighted by atomic mass is 16.7. The number of hydrogen-bond acceptors (Lipinski definition) is 8. The Morgan fingerprint density at radius 1 is 0.361 bits per heavy atom. The van der Waals surface area contributed by atoms with Crippen LogP contribution in [0.3, 0.4) is 0 Å². The van der Waals surface area contributed by atoms with Gasteiger partial charge in [0.1, 0.15) is 13.2 Å². The number of aliphatic carboxylic acids is 1. The molecule has 0 radical (unpaired) electrons. The molecule has 0 aromatic heterocycles. The maximum Gasteiger partial charge on any atom is 0.306 e. The van der Waals surface area contributed by atoms with E-state index < -0.39 is 24.3 Å². The van der Waals surface area contributed by atoms with Gasteiger partial charge in [-0.25, -0.2) is 0 Å². The van der Waals surface area contributed by atoms with E-state index in [1.807, 2.05) is 21.1 Å². The summed E-state index contributed by atoms with van der Waals surface area (Å²) in [6, 6.07) is 0. The second-order valence-electron chi connectivity index (χ2n) is 23.0. The Morgan fingerprint density at radius 3 is 0.964 bits per heavy atom. The largest absolute Gasteiger partial charge is 0.545 e. The van der Waals surface area contributed by atoms with Crippen LogP contribution < -0.4 is 5.11 Å². The fourth-order valence-electron chi connectivity index (χ4n) is 8.86. The average Bonchev–Trinajstić information content (AvgIpc) is 3.46. The molecule has 0 amide bonds. The molecule has 0 saturated heterocycles. The third kappa shape index (κ3) is 64.8. The highest BCUT2D eigenvalue weighted by molar-refractivity contribution is 5.70. The van der Waals surface area contributed by atoms with E-state index in [-0.39, 0.29) is 38.6 Å². The fourth-order valence-corrected chi connectivity index (χ4v) is 8.86. The number of carbonyl (C=O) groups is 3. The first-order chi connectivity index (χ1) is 40.6. The van der Waals surface area contributed by atoms with Crippen molar-refractivity contribution in [3.63, 3.8) is 0 Å². The summed E-state index contributed by atoms with van der Waals surface area (Å²) in [6.07, 6.45) is 88.0. The van der Waals surface area contributed by atoms with Gasteiger partial charge in [0.25, 0.3) is 0 Å². The van der Waals surface area contributed by atoms with Gasteiger partial charge in [0, 0.05) is 12.8 Å². The summed E-state index contributed by atoms with van der Waals surface area (Å²) >= 11 is 0. The first-order valence-electron chi connectivity index (χ1n) is 33.3. The van der Waals surface area contributed by atoms with Gasteiger partial charge >= 0.3 is 11.9 Å². The lowest BCUT2D eigenvalue weighted by molar-refractivity contribution is -0.870. The Balaban J connectivity index is 4.16. The molecule has 83 heavy (non-hydrogen) atoms. The molecular formula is C74H123NO8. The molecule has 0 bridgehead atoms. The van der Waals surface area contributed by atoms with Gasteiger partial charge in [0.2, 0.25) is 0 Å². The van der Waals surface area contributed by atoms with Crippen molar-refractivity contribution in [2.24, 2.45) is 0 Å². The second kappa shape index (κ2) is 63.5. The Hall–Kier alpha value is -4.57. The molecule has 0 aliphatic carbocycles. The first-order valence-corrected chi connectivity index (χ1v) is 33.3. The van der Waals surface area contributed by atoms with E-state index in [1.54, 1.807) is 0 Å².